The van der Waals surface area contributed by atoms with Gasteiger partial charge in [-0.3, -0.25) is 9.48 Å². The molecule has 0 bridgehead atoms. The van der Waals surface area contributed by atoms with Crippen LogP contribution in [0.25, 0.3) is 0 Å². The van der Waals surface area contributed by atoms with Gasteiger partial charge in [0.25, 0.3) is 0 Å². The average molecular weight is 284 g/mol. The van der Waals surface area contributed by atoms with E-state index in [1.54, 1.807) is 7.11 Å². The van der Waals surface area contributed by atoms with E-state index < -0.39 is 0 Å². The van der Waals surface area contributed by atoms with Gasteiger partial charge < -0.3 is 4.74 Å². The molecule has 2 aromatic rings. The minimum absolute atomic E-state index is 0.297. The van der Waals surface area contributed by atoms with Crippen LogP contribution < -0.4 is 0 Å². The van der Waals surface area contributed by atoms with Gasteiger partial charge in [-0.15, -0.1) is 0 Å². The molecule has 1 unspecified atom stereocenters. The van der Waals surface area contributed by atoms with E-state index in [9.17, 15) is 4.79 Å². The standard InChI is InChI=1S/C17H20N2O2/c1-21-17(13-7-3-2-4-8-13)16-14(12-20)11-19(18-16)15-9-5-6-10-15/h2-4,7-8,11-12,15,17H,5-6,9-10H2,1H3. The van der Waals surface area contributed by atoms with E-state index in [-0.39, 0.29) is 6.10 Å². The third-order valence-electron chi connectivity index (χ3n) is 4.20. The van der Waals surface area contributed by atoms with Gasteiger partial charge in [-0.2, -0.15) is 5.10 Å². The fourth-order valence-corrected chi connectivity index (χ4v) is 3.10. The largest absolute Gasteiger partial charge is 0.370 e. The first kappa shape index (κ1) is 14.0. The maximum Gasteiger partial charge on any atom is 0.153 e. The van der Waals surface area contributed by atoms with E-state index in [0.717, 1.165) is 24.7 Å². The molecule has 1 saturated carbocycles. The number of methoxy groups -OCH3 is 1. The highest BCUT2D eigenvalue weighted by Crippen LogP contribution is 2.32. The maximum atomic E-state index is 11.4. The normalized spacial score (nSPS) is 17.0. The van der Waals surface area contributed by atoms with Crippen molar-refractivity contribution < 1.29 is 9.53 Å². The summed E-state index contributed by atoms with van der Waals surface area (Å²) in [5.41, 5.74) is 2.35. The van der Waals surface area contributed by atoms with Gasteiger partial charge in [-0.25, -0.2) is 0 Å². The second-order valence-electron chi connectivity index (χ2n) is 5.53. The summed E-state index contributed by atoms with van der Waals surface area (Å²) >= 11 is 0. The lowest BCUT2D eigenvalue weighted by atomic mass is 10.0. The summed E-state index contributed by atoms with van der Waals surface area (Å²) in [5.74, 6) is 0. The summed E-state index contributed by atoms with van der Waals surface area (Å²) in [6, 6.07) is 10.3. The Balaban J connectivity index is 1.97. The molecule has 0 amide bonds. The molecule has 4 heteroatoms. The van der Waals surface area contributed by atoms with Crippen molar-refractivity contribution in [3.8, 4) is 0 Å². The second kappa shape index (κ2) is 6.22. The Bertz CT molecular complexity index is 601. The molecule has 1 aromatic heterocycles. The van der Waals surface area contributed by atoms with E-state index in [4.69, 9.17) is 4.74 Å². The highest BCUT2D eigenvalue weighted by Gasteiger charge is 2.24. The van der Waals surface area contributed by atoms with Crippen molar-refractivity contribution in [2.24, 2.45) is 0 Å². The van der Waals surface area contributed by atoms with Gasteiger partial charge in [-0.1, -0.05) is 43.2 Å². The lowest BCUT2D eigenvalue weighted by molar-refractivity contribution is 0.110. The smallest absolute Gasteiger partial charge is 0.153 e. The Labute approximate surface area is 124 Å². The van der Waals surface area contributed by atoms with Gasteiger partial charge >= 0.3 is 0 Å². The highest BCUT2D eigenvalue weighted by molar-refractivity contribution is 5.76. The third-order valence-corrected chi connectivity index (χ3v) is 4.20. The first-order valence-corrected chi connectivity index (χ1v) is 7.45. The zero-order valence-corrected chi connectivity index (χ0v) is 12.2. The van der Waals surface area contributed by atoms with Crippen LogP contribution in [0.2, 0.25) is 0 Å². The Morgan fingerprint density at radius 1 is 1.29 bits per heavy atom. The number of hydrogen-bond donors (Lipinski definition) is 0. The number of carbonyl (C=O) groups is 1. The minimum Gasteiger partial charge on any atom is -0.370 e. The lowest BCUT2D eigenvalue weighted by Gasteiger charge is -2.14. The quantitative estimate of drug-likeness (QED) is 0.789. The Hall–Kier alpha value is -1.94. The number of carbonyl (C=O) groups excluding carboxylic acids is 1. The minimum atomic E-state index is -0.297. The van der Waals surface area contributed by atoms with Crippen molar-refractivity contribution in [1.29, 1.82) is 0 Å². The first-order valence-electron chi connectivity index (χ1n) is 7.45. The molecule has 0 radical (unpaired) electrons. The average Bonchev–Trinajstić information content (AvgIpc) is 3.18. The Morgan fingerprint density at radius 2 is 2.00 bits per heavy atom. The molecule has 1 fully saturated rings. The van der Waals surface area contributed by atoms with E-state index in [2.05, 4.69) is 5.10 Å². The first-order chi connectivity index (χ1) is 10.3. The van der Waals surface area contributed by atoms with Gasteiger partial charge in [0.2, 0.25) is 0 Å². The van der Waals surface area contributed by atoms with Crippen LogP contribution in [0.5, 0.6) is 0 Å². The van der Waals surface area contributed by atoms with Gasteiger partial charge in [0.15, 0.2) is 6.29 Å². The summed E-state index contributed by atoms with van der Waals surface area (Å²) in [6.07, 6.45) is 7.21. The number of aromatic nitrogens is 2. The van der Waals surface area contributed by atoms with Crippen molar-refractivity contribution in [1.82, 2.24) is 9.78 Å². The summed E-state index contributed by atoms with van der Waals surface area (Å²) < 4.78 is 7.57. The van der Waals surface area contributed by atoms with Crippen molar-refractivity contribution >= 4 is 6.29 Å². The lowest BCUT2D eigenvalue weighted by Crippen LogP contribution is -2.09. The van der Waals surface area contributed by atoms with Crippen molar-refractivity contribution in [3.63, 3.8) is 0 Å². The summed E-state index contributed by atoms with van der Waals surface area (Å²) in [6.45, 7) is 0. The molecule has 1 aromatic carbocycles. The van der Waals surface area contributed by atoms with Crippen LogP contribution in [0.1, 0.15) is 59.4 Å². The number of ether oxygens (including phenoxy) is 1. The van der Waals surface area contributed by atoms with Gasteiger partial charge in [-0.05, 0) is 18.4 Å². The number of benzene rings is 1. The number of aldehydes is 1. The second-order valence-corrected chi connectivity index (χ2v) is 5.53. The highest BCUT2D eigenvalue weighted by atomic mass is 16.5. The molecule has 21 heavy (non-hydrogen) atoms. The predicted molar refractivity (Wildman–Crippen MR) is 80.4 cm³/mol. The number of rotatable bonds is 5. The monoisotopic (exact) mass is 284 g/mol. The SMILES string of the molecule is COC(c1ccccc1)c1nn(C2CCCC2)cc1C=O. The summed E-state index contributed by atoms with van der Waals surface area (Å²) in [5, 5.41) is 4.67. The third kappa shape index (κ3) is 2.76. The molecule has 1 atom stereocenters. The Morgan fingerprint density at radius 3 is 2.62 bits per heavy atom. The van der Waals surface area contributed by atoms with Crippen LogP contribution in [0.4, 0.5) is 0 Å². The summed E-state index contributed by atoms with van der Waals surface area (Å²) in [4.78, 5) is 11.4. The van der Waals surface area contributed by atoms with Gasteiger partial charge in [0.05, 0.1) is 11.6 Å². The fourth-order valence-electron chi connectivity index (χ4n) is 3.10. The van der Waals surface area contributed by atoms with Crippen LogP contribution >= 0.6 is 0 Å². The van der Waals surface area contributed by atoms with Crippen molar-refractivity contribution in [2.75, 3.05) is 7.11 Å². The van der Waals surface area contributed by atoms with E-state index in [1.165, 1.54) is 12.8 Å². The maximum absolute atomic E-state index is 11.4. The fraction of sp³-hybridized carbons (Fsp3) is 0.412. The molecule has 1 aliphatic carbocycles. The molecule has 0 N–H and O–H groups in total. The molecule has 3 rings (SSSR count). The molecule has 0 aliphatic heterocycles. The molecular formula is C17H20N2O2. The molecule has 1 aliphatic rings. The van der Waals surface area contributed by atoms with E-state index in [0.29, 0.717) is 17.3 Å². The van der Waals surface area contributed by atoms with Crippen LogP contribution in [0.3, 0.4) is 0 Å². The molecule has 0 saturated heterocycles. The van der Waals surface area contributed by atoms with Crippen molar-refractivity contribution in [2.45, 2.75) is 37.8 Å². The molecule has 0 spiro atoms. The van der Waals surface area contributed by atoms with Crippen LogP contribution in [-0.4, -0.2) is 23.2 Å². The molecule has 1 heterocycles. The zero-order valence-electron chi connectivity index (χ0n) is 12.2. The zero-order chi connectivity index (χ0) is 14.7. The summed E-state index contributed by atoms with van der Waals surface area (Å²) in [7, 11) is 1.65. The van der Waals surface area contributed by atoms with Crippen molar-refractivity contribution in [3.05, 3.63) is 53.3 Å². The predicted octanol–water partition coefficient (Wildman–Crippen LogP) is 3.55. The Kier molecular flexibility index (Phi) is 4.15. The number of nitrogens with zero attached hydrogens (tertiary/aromatic N) is 2. The van der Waals surface area contributed by atoms with E-state index in [1.807, 2.05) is 41.2 Å². The van der Waals surface area contributed by atoms with E-state index >= 15 is 0 Å². The topological polar surface area (TPSA) is 44.1 Å². The van der Waals surface area contributed by atoms with Crippen LogP contribution in [0, 0.1) is 0 Å². The molecular weight excluding hydrogens is 264 g/mol. The van der Waals surface area contributed by atoms with Crippen LogP contribution in [-0.2, 0) is 4.74 Å². The van der Waals surface area contributed by atoms with Gasteiger partial charge in [0, 0.05) is 13.3 Å². The van der Waals surface area contributed by atoms with Gasteiger partial charge in [0.1, 0.15) is 11.8 Å². The van der Waals surface area contributed by atoms with Crippen LogP contribution in [0.15, 0.2) is 36.5 Å². The number of hydrogen-bond acceptors (Lipinski definition) is 3. The molecule has 110 valence electrons. The molecule has 4 nitrogen and oxygen atoms in total.